The Morgan fingerprint density at radius 3 is 2.37 bits per heavy atom. The van der Waals surface area contributed by atoms with Gasteiger partial charge in [-0.15, -0.1) is 0 Å². The molecule has 0 spiro atoms. The van der Waals surface area contributed by atoms with E-state index in [1.54, 1.807) is 24.3 Å². The molecule has 0 radical (unpaired) electrons. The van der Waals surface area contributed by atoms with Gasteiger partial charge in [0.15, 0.2) is 0 Å². The maximum atomic E-state index is 11.9. The van der Waals surface area contributed by atoms with Crippen LogP contribution in [0.25, 0.3) is 0 Å². The highest BCUT2D eigenvalue weighted by molar-refractivity contribution is 7.89. The van der Waals surface area contributed by atoms with E-state index in [1.165, 1.54) is 18.4 Å². The summed E-state index contributed by atoms with van der Waals surface area (Å²) in [5.41, 5.74) is 0.917. The Balaban J connectivity index is 2.11. The van der Waals surface area contributed by atoms with Gasteiger partial charge in [-0.05, 0) is 37.6 Å². The lowest BCUT2D eigenvalue weighted by atomic mass is 10.1. The maximum Gasteiger partial charge on any atom is 0.242 e. The summed E-state index contributed by atoms with van der Waals surface area (Å²) in [6.45, 7) is 2.81. The Hall–Kier alpha value is -1.11. The van der Waals surface area contributed by atoms with Crippen molar-refractivity contribution in [2.24, 2.45) is 0 Å². The molecule has 1 aliphatic heterocycles. The maximum absolute atomic E-state index is 11.9. The zero-order valence-electron chi connectivity index (χ0n) is 11.5. The van der Waals surface area contributed by atoms with Crippen LogP contribution in [0.15, 0.2) is 29.2 Å². The van der Waals surface area contributed by atoms with Crippen LogP contribution >= 0.6 is 0 Å². The molecule has 1 saturated heterocycles. The molecule has 6 heteroatoms. The van der Waals surface area contributed by atoms with Crippen molar-refractivity contribution >= 4 is 15.7 Å². The van der Waals surface area contributed by atoms with Gasteiger partial charge in [-0.1, -0.05) is 0 Å². The summed E-state index contributed by atoms with van der Waals surface area (Å²) in [6, 6.07) is 7.12. The summed E-state index contributed by atoms with van der Waals surface area (Å²) in [4.78, 5) is 0.304. The van der Waals surface area contributed by atoms with Crippen LogP contribution in [0.5, 0.6) is 0 Å². The molecule has 1 aromatic rings. The average molecular weight is 284 g/mol. The molecule has 19 heavy (non-hydrogen) atoms. The van der Waals surface area contributed by atoms with Gasteiger partial charge in [-0.25, -0.2) is 12.7 Å². The highest BCUT2D eigenvalue weighted by Gasteiger charge is 2.24. The molecule has 1 aromatic carbocycles. The molecule has 2 atom stereocenters. The minimum absolute atomic E-state index is 0.185. The second kappa shape index (κ2) is 5.48. The molecular formula is C13H20N2O3S. The van der Waals surface area contributed by atoms with E-state index in [2.05, 4.69) is 5.32 Å². The number of sulfonamides is 1. The summed E-state index contributed by atoms with van der Waals surface area (Å²) < 4.78 is 30.5. The Labute approximate surface area is 114 Å². The fraction of sp³-hybridized carbons (Fsp3) is 0.538. The van der Waals surface area contributed by atoms with E-state index >= 15 is 0 Å². The summed E-state index contributed by atoms with van der Waals surface area (Å²) in [6.07, 6.45) is 1.16. The van der Waals surface area contributed by atoms with Crippen LogP contribution in [-0.4, -0.2) is 45.6 Å². The average Bonchev–Trinajstić information content (AvgIpc) is 2.75. The first kappa shape index (κ1) is 14.3. The lowest BCUT2D eigenvalue weighted by molar-refractivity contribution is 0.121. The van der Waals surface area contributed by atoms with Crippen LogP contribution < -0.4 is 5.32 Å². The molecule has 0 aromatic heterocycles. The molecule has 5 nitrogen and oxygen atoms in total. The predicted molar refractivity (Wildman–Crippen MR) is 74.8 cm³/mol. The monoisotopic (exact) mass is 284 g/mol. The normalized spacial score (nSPS) is 23.8. The number of hydrogen-bond acceptors (Lipinski definition) is 4. The minimum Gasteiger partial charge on any atom is -0.380 e. The quantitative estimate of drug-likeness (QED) is 0.911. The van der Waals surface area contributed by atoms with Gasteiger partial charge in [-0.3, -0.25) is 0 Å². The Bertz CT molecular complexity index is 525. The molecule has 1 N–H and O–H groups in total. The van der Waals surface area contributed by atoms with Gasteiger partial charge >= 0.3 is 0 Å². The van der Waals surface area contributed by atoms with Crippen molar-refractivity contribution in [3.63, 3.8) is 0 Å². The van der Waals surface area contributed by atoms with E-state index in [0.29, 0.717) is 4.90 Å². The number of nitrogens with one attached hydrogen (secondary N) is 1. The van der Waals surface area contributed by atoms with Crippen molar-refractivity contribution in [3.05, 3.63) is 24.3 Å². The minimum atomic E-state index is -3.35. The van der Waals surface area contributed by atoms with Crippen LogP contribution in [0.3, 0.4) is 0 Å². The van der Waals surface area contributed by atoms with Crippen molar-refractivity contribution in [1.82, 2.24) is 4.31 Å². The molecule has 1 heterocycles. The zero-order chi connectivity index (χ0) is 14.0. The molecule has 1 aliphatic rings. The van der Waals surface area contributed by atoms with Crippen molar-refractivity contribution < 1.29 is 13.2 Å². The Kier molecular flexibility index (Phi) is 4.13. The van der Waals surface area contributed by atoms with Crippen LogP contribution in [-0.2, 0) is 14.8 Å². The van der Waals surface area contributed by atoms with Crippen molar-refractivity contribution in [2.45, 2.75) is 30.4 Å². The van der Waals surface area contributed by atoms with Gasteiger partial charge in [0.2, 0.25) is 10.0 Å². The van der Waals surface area contributed by atoms with Gasteiger partial charge in [0.1, 0.15) is 0 Å². The molecule has 0 amide bonds. The van der Waals surface area contributed by atoms with Gasteiger partial charge < -0.3 is 10.1 Å². The zero-order valence-corrected chi connectivity index (χ0v) is 12.3. The first-order valence-electron chi connectivity index (χ1n) is 6.32. The fourth-order valence-corrected chi connectivity index (χ4v) is 2.97. The Morgan fingerprint density at radius 2 is 1.89 bits per heavy atom. The Morgan fingerprint density at radius 1 is 1.26 bits per heavy atom. The third-order valence-electron chi connectivity index (χ3n) is 3.36. The summed E-state index contributed by atoms with van der Waals surface area (Å²) >= 11 is 0. The first-order chi connectivity index (χ1) is 8.91. The van der Waals surface area contributed by atoms with Crippen LogP contribution in [0.2, 0.25) is 0 Å². The van der Waals surface area contributed by atoms with Gasteiger partial charge in [-0.2, -0.15) is 0 Å². The van der Waals surface area contributed by atoms with Gasteiger partial charge in [0.05, 0.1) is 17.0 Å². The standard InChI is InChI=1S/C13H20N2O3S/c1-10-13(8-9-18-10)14-11-4-6-12(7-5-11)19(16,17)15(2)3/h4-7,10,13-14H,8-9H2,1-3H3. The van der Waals surface area contributed by atoms with E-state index in [9.17, 15) is 8.42 Å². The molecule has 106 valence electrons. The van der Waals surface area contributed by atoms with Crippen LogP contribution in [0, 0.1) is 0 Å². The summed E-state index contributed by atoms with van der Waals surface area (Å²) in [5, 5.41) is 3.37. The molecule has 2 unspecified atom stereocenters. The van der Waals surface area contributed by atoms with Crippen LogP contribution in [0.4, 0.5) is 5.69 Å². The molecule has 1 fully saturated rings. The highest BCUT2D eigenvalue weighted by atomic mass is 32.2. The smallest absolute Gasteiger partial charge is 0.242 e. The highest BCUT2D eigenvalue weighted by Crippen LogP contribution is 2.21. The molecule has 0 saturated carbocycles. The van der Waals surface area contributed by atoms with Gasteiger partial charge in [0.25, 0.3) is 0 Å². The third-order valence-corrected chi connectivity index (χ3v) is 5.19. The topological polar surface area (TPSA) is 58.6 Å². The lowest BCUT2D eigenvalue weighted by Gasteiger charge is -2.18. The van der Waals surface area contributed by atoms with E-state index in [0.717, 1.165) is 18.7 Å². The van der Waals surface area contributed by atoms with E-state index in [4.69, 9.17) is 4.74 Å². The first-order valence-corrected chi connectivity index (χ1v) is 7.76. The molecular weight excluding hydrogens is 264 g/mol. The van der Waals surface area contributed by atoms with Crippen molar-refractivity contribution in [1.29, 1.82) is 0 Å². The summed E-state index contributed by atoms with van der Waals surface area (Å²) in [5.74, 6) is 0. The lowest BCUT2D eigenvalue weighted by Crippen LogP contribution is -2.26. The fourth-order valence-electron chi connectivity index (χ4n) is 2.07. The van der Waals surface area contributed by atoms with E-state index in [1.807, 2.05) is 6.92 Å². The number of rotatable bonds is 4. The molecule has 2 rings (SSSR count). The predicted octanol–water partition coefficient (Wildman–Crippen LogP) is 1.53. The third kappa shape index (κ3) is 3.08. The molecule has 0 bridgehead atoms. The number of anilines is 1. The van der Waals surface area contributed by atoms with Crippen molar-refractivity contribution in [2.75, 3.05) is 26.0 Å². The number of nitrogens with zero attached hydrogens (tertiary/aromatic N) is 1. The number of hydrogen-bond donors (Lipinski definition) is 1. The number of benzene rings is 1. The second-order valence-corrected chi connectivity index (χ2v) is 7.08. The second-order valence-electron chi connectivity index (χ2n) is 4.93. The van der Waals surface area contributed by atoms with E-state index < -0.39 is 10.0 Å². The SMILES string of the molecule is CC1OCCC1Nc1ccc(S(=O)(=O)N(C)C)cc1. The molecule has 0 aliphatic carbocycles. The largest absolute Gasteiger partial charge is 0.380 e. The van der Waals surface area contributed by atoms with Crippen molar-refractivity contribution in [3.8, 4) is 0 Å². The van der Waals surface area contributed by atoms with Gasteiger partial charge in [0, 0.05) is 26.4 Å². The van der Waals surface area contributed by atoms with E-state index in [-0.39, 0.29) is 12.1 Å². The number of ether oxygens (including phenoxy) is 1. The summed E-state index contributed by atoms with van der Waals surface area (Å²) in [7, 11) is -0.297. The van der Waals surface area contributed by atoms with Crippen LogP contribution in [0.1, 0.15) is 13.3 Å².